The number of allylic oxidation sites excluding steroid dienone is 8. The highest BCUT2D eigenvalue weighted by molar-refractivity contribution is 6.09. The highest BCUT2D eigenvalue weighted by atomic mass is 16.1. The molecule has 1 heterocycles. The van der Waals surface area contributed by atoms with Crippen LogP contribution in [0.1, 0.15) is 18.1 Å². The van der Waals surface area contributed by atoms with Gasteiger partial charge >= 0.3 is 0 Å². The van der Waals surface area contributed by atoms with E-state index in [2.05, 4.69) is 68.6 Å². The van der Waals surface area contributed by atoms with Crippen molar-refractivity contribution in [3.05, 3.63) is 119 Å². The molecule has 2 aromatic carbocycles. The van der Waals surface area contributed by atoms with E-state index in [1.807, 2.05) is 24.3 Å². The monoisotopic (exact) mass is 352 g/mol. The van der Waals surface area contributed by atoms with Gasteiger partial charge in [-0.2, -0.15) is 0 Å². The van der Waals surface area contributed by atoms with Crippen molar-refractivity contribution in [1.82, 2.24) is 0 Å². The van der Waals surface area contributed by atoms with Crippen LogP contribution in [0, 0.1) is 0 Å². The fourth-order valence-electron chi connectivity index (χ4n) is 3.84. The Morgan fingerprint density at radius 1 is 0.741 bits per heavy atom. The van der Waals surface area contributed by atoms with Crippen LogP contribution in [0.2, 0.25) is 0 Å². The molecule has 2 aliphatic rings. The van der Waals surface area contributed by atoms with E-state index in [0.717, 1.165) is 22.3 Å². The molecule has 132 valence electrons. The summed E-state index contributed by atoms with van der Waals surface area (Å²) in [5, 5.41) is 0. The van der Waals surface area contributed by atoms with Gasteiger partial charge in [-0.25, -0.2) is 0 Å². The largest absolute Gasteiger partial charge is 0.289 e. The molecule has 1 atom stereocenters. The molecule has 0 bridgehead atoms. The van der Waals surface area contributed by atoms with Crippen LogP contribution in [-0.4, -0.2) is 12.8 Å². The molecule has 0 radical (unpaired) electrons. The van der Waals surface area contributed by atoms with Gasteiger partial charge < -0.3 is 0 Å². The van der Waals surface area contributed by atoms with Crippen LogP contribution in [0.3, 0.4) is 0 Å². The first-order valence-electron chi connectivity index (χ1n) is 9.18. The van der Waals surface area contributed by atoms with Gasteiger partial charge in [-0.15, -0.1) is 0 Å². The van der Waals surface area contributed by atoms with Crippen molar-refractivity contribution < 1.29 is 9.69 Å². The first-order valence-corrected chi connectivity index (χ1v) is 9.18. The van der Waals surface area contributed by atoms with E-state index < -0.39 is 0 Å². The van der Waals surface area contributed by atoms with E-state index in [-0.39, 0.29) is 5.78 Å². The molecular weight excluding hydrogens is 330 g/mol. The number of ketones is 1. The summed E-state index contributed by atoms with van der Waals surface area (Å²) in [6.07, 6.45) is 9.46. The fraction of sp³-hybridized carbons (Fsp3) is 0.0800. The lowest BCUT2D eigenvalue weighted by Crippen LogP contribution is -3.04. The van der Waals surface area contributed by atoms with Crippen molar-refractivity contribution in [3.63, 3.8) is 0 Å². The van der Waals surface area contributed by atoms with E-state index in [1.54, 1.807) is 12.2 Å². The van der Waals surface area contributed by atoms with Gasteiger partial charge in [0.05, 0.1) is 7.05 Å². The zero-order chi connectivity index (χ0) is 18.8. The Morgan fingerprint density at radius 3 is 1.96 bits per heavy atom. The van der Waals surface area contributed by atoms with Gasteiger partial charge in [0.2, 0.25) is 0 Å². The third kappa shape index (κ3) is 3.16. The molecule has 2 heteroatoms. The van der Waals surface area contributed by atoms with Crippen molar-refractivity contribution in [2.45, 2.75) is 6.92 Å². The minimum absolute atomic E-state index is 0.0578. The van der Waals surface area contributed by atoms with Gasteiger partial charge in [0.1, 0.15) is 11.4 Å². The van der Waals surface area contributed by atoms with Crippen LogP contribution in [0.5, 0.6) is 0 Å². The fourth-order valence-corrected chi connectivity index (χ4v) is 3.84. The molecule has 1 N–H and O–H groups in total. The summed E-state index contributed by atoms with van der Waals surface area (Å²) in [5.41, 5.74) is 7.61. The molecule has 2 aromatic rings. The molecule has 0 fully saturated rings. The van der Waals surface area contributed by atoms with Crippen LogP contribution >= 0.6 is 0 Å². The van der Waals surface area contributed by atoms with Gasteiger partial charge in [-0.3, -0.25) is 9.69 Å². The summed E-state index contributed by atoms with van der Waals surface area (Å²) >= 11 is 0. The minimum Gasteiger partial charge on any atom is -0.289 e. The lowest BCUT2D eigenvalue weighted by molar-refractivity contribution is -0.720. The lowest BCUT2D eigenvalue weighted by Gasteiger charge is -2.28. The number of benzene rings is 2. The summed E-state index contributed by atoms with van der Waals surface area (Å²) < 4.78 is 0. The van der Waals surface area contributed by atoms with Crippen molar-refractivity contribution in [3.8, 4) is 0 Å². The molecule has 0 saturated carbocycles. The summed E-state index contributed by atoms with van der Waals surface area (Å²) in [7, 11) is 2.17. The predicted molar refractivity (Wildman–Crippen MR) is 111 cm³/mol. The van der Waals surface area contributed by atoms with Gasteiger partial charge in [0.25, 0.3) is 0 Å². The number of hydrogen-bond donors (Lipinski definition) is 1. The molecule has 0 aromatic heterocycles. The summed E-state index contributed by atoms with van der Waals surface area (Å²) in [6, 6.07) is 20.8. The zero-order valence-electron chi connectivity index (χ0n) is 15.6. The molecule has 1 aliphatic heterocycles. The van der Waals surface area contributed by atoms with Gasteiger partial charge in [0.15, 0.2) is 5.78 Å². The number of rotatable bonds is 2. The number of carbonyl (C=O) groups is 1. The third-order valence-corrected chi connectivity index (χ3v) is 5.17. The van der Waals surface area contributed by atoms with Crippen LogP contribution in [0.15, 0.2) is 108 Å². The number of hydrogen-bond acceptors (Lipinski definition) is 1. The number of nitrogens with one attached hydrogen (secondary N) is 1. The van der Waals surface area contributed by atoms with Gasteiger partial charge in [0, 0.05) is 33.9 Å². The Morgan fingerprint density at radius 2 is 1.33 bits per heavy atom. The Kier molecular flexibility index (Phi) is 4.57. The molecule has 27 heavy (non-hydrogen) atoms. The molecule has 1 unspecified atom stereocenters. The van der Waals surface area contributed by atoms with E-state index >= 15 is 0 Å². The smallest absolute Gasteiger partial charge is 0.186 e. The van der Waals surface area contributed by atoms with Crippen molar-refractivity contribution in [2.24, 2.45) is 0 Å². The lowest BCUT2D eigenvalue weighted by atomic mass is 9.88. The zero-order valence-corrected chi connectivity index (χ0v) is 15.6. The predicted octanol–water partition coefficient (Wildman–Crippen LogP) is 3.98. The third-order valence-electron chi connectivity index (χ3n) is 5.17. The second kappa shape index (κ2) is 7.18. The Labute approximate surface area is 160 Å². The number of carbonyl (C=O) groups excluding carboxylic acids is 1. The first-order chi connectivity index (χ1) is 13.2. The summed E-state index contributed by atoms with van der Waals surface area (Å²) in [6.45, 7) is 2.12. The topological polar surface area (TPSA) is 21.5 Å². The Balaban J connectivity index is 1.97. The van der Waals surface area contributed by atoms with Crippen molar-refractivity contribution >= 4 is 17.2 Å². The molecule has 0 amide bonds. The quantitative estimate of drug-likeness (QED) is 0.811. The number of quaternary nitrogens is 1. The van der Waals surface area contributed by atoms with E-state index in [4.69, 9.17) is 0 Å². The first kappa shape index (κ1) is 17.2. The molecule has 1 aliphatic carbocycles. The average Bonchev–Trinajstić information content (AvgIpc) is 2.71. The van der Waals surface area contributed by atoms with Crippen LogP contribution < -0.4 is 4.90 Å². The van der Waals surface area contributed by atoms with Crippen LogP contribution in [0.4, 0.5) is 0 Å². The van der Waals surface area contributed by atoms with E-state index in [0.29, 0.717) is 0 Å². The normalized spacial score (nSPS) is 22.2. The minimum atomic E-state index is 0.0578. The molecular formula is C25H22NO+. The standard InChI is InChI=1S/C25H21NO/c1-18-22(21-15-9-10-16-24(21)27)17-23(19-11-5-3-6-12-19)26(2)25(18)20-13-7-4-8-14-20/h3-17H,1-2H3/p+1. The second-order valence-electron chi connectivity index (χ2n) is 6.82. The summed E-state index contributed by atoms with van der Waals surface area (Å²) in [4.78, 5) is 13.8. The van der Waals surface area contributed by atoms with Gasteiger partial charge in [-0.05, 0) is 37.3 Å². The maximum atomic E-state index is 12.6. The SMILES string of the molecule is CC1=C(c2ccccc2)[NH+](C)C(c2ccccc2)=CC1=C1C=CC=CC1=O. The van der Waals surface area contributed by atoms with Crippen molar-refractivity contribution in [1.29, 1.82) is 0 Å². The molecule has 4 rings (SSSR count). The Hall–Kier alpha value is -3.23. The second-order valence-corrected chi connectivity index (χ2v) is 6.82. The van der Waals surface area contributed by atoms with Crippen LogP contribution in [0.25, 0.3) is 11.4 Å². The maximum absolute atomic E-state index is 12.6. The summed E-state index contributed by atoms with van der Waals surface area (Å²) in [5.74, 6) is 0.0578. The van der Waals surface area contributed by atoms with E-state index in [1.165, 1.54) is 21.9 Å². The molecule has 0 spiro atoms. The Bertz CT molecular complexity index is 1030. The highest BCUT2D eigenvalue weighted by Gasteiger charge is 2.30. The average molecular weight is 352 g/mol. The van der Waals surface area contributed by atoms with Gasteiger partial charge in [-0.1, -0.05) is 54.6 Å². The molecule has 2 nitrogen and oxygen atoms in total. The molecule has 0 saturated heterocycles. The maximum Gasteiger partial charge on any atom is 0.186 e. The highest BCUT2D eigenvalue weighted by Crippen LogP contribution is 2.31. The van der Waals surface area contributed by atoms with Crippen LogP contribution in [-0.2, 0) is 4.79 Å². The van der Waals surface area contributed by atoms with E-state index in [9.17, 15) is 4.79 Å². The van der Waals surface area contributed by atoms with Crippen molar-refractivity contribution in [2.75, 3.05) is 7.05 Å².